The molecule has 0 saturated carbocycles. The molecule has 7 nitrogen and oxygen atoms in total. The SMILES string of the molecule is COc1cc2ncc(-c3cc(F)c(N)nc3F)n2cc1SN1CCN(C)CC1. The van der Waals surface area contributed by atoms with Crippen molar-refractivity contribution in [1.29, 1.82) is 0 Å². The summed E-state index contributed by atoms with van der Waals surface area (Å²) < 4.78 is 37.7. The van der Waals surface area contributed by atoms with Crippen molar-refractivity contribution >= 4 is 23.4 Å². The molecular formula is C18H20F2N6OS. The maximum absolute atomic E-state index is 14.3. The van der Waals surface area contributed by atoms with E-state index in [1.807, 2.05) is 6.20 Å². The van der Waals surface area contributed by atoms with E-state index in [1.54, 1.807) is 29.5 Å². The third-order valence-electron chi connectivity index (χ3n) is 4.72. The van der Waals surface area contributed by atoms with E-state index in [1.165, 1.54) is 6.20 Å². The summed E-state index contributed by atoms with van der Waals surface area (Å²) in [4.78, 5) is 10.9. The lowest BCUT2D eigenvalue weighted by molar-refractivity contribution is 0.233. The predicted octanol–water partition coefficient (Wildman–Crippen LogP) is 2.52. The standard InChI is InChI=1S/C18H20F2N6OS/c1-24-3-5-25(6-4-24)28-15-10-26-13(9-22-16(26)8-14(15)27-2)11-7-12(19)18(21)23-17(11)20/h7-10H,3-6H2,1-2H3,(H2,21,23). The van der Waals surface area contributed by atoms with Crippen LogP contribution in [0, 0.1) is 11.8 Å². The van der Waals surface area contributed by atoms with Gasteiger partial charge >= 0.3 is 0 Å². The molecular weight excluding hydrogens is 386 g/mol. The molecule has 0 aromatic carbocycles. The summed E-state index contributed by atoms with van der Waals surface area (Å²) in [7, 11) is 3.70. The summed E-state index contributed by atoms with van der Waals surface area (Å²) in [5, 5.41) is 0. The fourth-order valence-corrected chi connectivity index (χ4v) is 4.10. The Morgan fingerprint density at radius 1 is 1.18 bits per heavy atom. The molecule has 148 valence electrons. The normalized spacial score (nSPS) is 16.0. The molecule has 0 atom stereocenters. The third-order valence-corrected chi connectivity index (χ3v) is 5.84. The Hall–Kier alpha value is -2.43. The maximum Gasteiger partial charge on any atom is 0.224 e. The number of halogens is 2. The molecule has 0 aliphatic carbocycles. The number of aromatic nitrogens is 3. The average Bonchev–Trinajstić information content (AvgIpc) is 3.08. The van der Waals surface area contributed by atoms with Gasteiger partial charge in [-0.2, -0.15) is 9.37 Å². The molecule has 1 saturated heterocycles. The summed E-state index contributed by atoms with van der Waals surface area (Å²) in [5.74, 6) is -1.41. The van der Waals surface area contributed by atoms with E-state index in [-0.39, 0.29) is 5.56 Å². The van der Waals surface area contributed by atoms with Gasteiger partial charge in [0.05, 0.1) is 29.5 Å². The molecule has 10 heteroatoms. The van der Waals surface area contributed by atoms with Gasteiger partial charge < -0.3 is 15.4 Å². The smallest absolute Gasteiger partial charge is 0.224 e. The van der Waals surface area contributed by atoms with E-state index in [0.717, 1.165) is 37.1 Å². The van der Waals surface area contributed by atoms with Gasteiger partial charge in [-0.15, -0.1) is 0 Å². The Labute approximate surface area is 165 Å². The van der Waals surface area contributed by atoms with Crippen molar-refractivity contribution in [3.8, 4) is 17.0 Å². The van der Waals surface area contributed by atoms with E-state index in [9.17, 15) is 8.78 Å². The van der Waals surface area contributed by atoms with Crippen LogP contribution in [0.1, 0.15) is 0 Å². The number of hydrogen-bond acceptors (Lipinski definition) is 7. The Bertz CT molecular complexity index is 1020. The molecule has 1 aliphatic rings. The van der Waals surface area contributed by atoms with Crippen LogP contribution >= 0.6 is 11.9 Å². The Morgan fingerprint density at radius 2 is 1.93 bits per heavy atom. The first kappa shape index (κ1) is 18.9. The molecule has 0 radical (unpaired) electrons. The Kier molecular flexibility index (Phi) is 5.09. The highest BCUT2D eigenvalue weighted by Gasteiger charge is 2.20. The minimum Gasteiger partial charge on any atom is -0.495 e. The largest absolute Gasteiger partial charge is 0.495 e. The second kappa shape index (κ2) is 7.53. The van der Waals surface area contributed by atoms with Crippen molar-refractivity contribution in [3.05, 3.63) is 36.3 Å². The number of imidazole rings is 1. The van der Waals surface area contributed by atoms with Gasteiger partial charge in [0.1, 0.15) is 11.4 Å². The number of nitrogens with two attached hydrogens (primary N) is 1. The second-order valence-corrected chi connectivity index (χ2v) is 7.73. The molecule has 3 aromatic heterocycles. The van der Waals surface area contributed by atoms with Gasteiger partial charge in [0.2, 0.25) is 5.95 Å². The summed E-state index contributed by atoms with van der Waals surface area (Å²) >= 11 is 1.58. The van der Waals surface area contributed by atoms with Crippen LogP contribution in [0.3, 0.4) is 0 Å². The minimum absolute atomic E-state index is 0.0000795. The van der Waals surface area contributed by atoms with E-state index < -0.39 is 17.6 Å². The number of nitrogens with zero attached hydrogens (tertiary/aromatic N) is 5. The molecule has 28 heavy (non-hydrogen) atoms. The van der Waals surface area contributed by atoms with Crippen LogP contribution in [0.25, 0.3) is 16.9 Å². The summed E-state index contributed by atoms with van der Waals surface area (Å²) in [6.45, 7) is 3.80. The number of rotatable bonds is 4. The van der Waals surface area contributed by atoms with Crippen molar-refractivity contribution in [2.24, 2.45) is 0 Å². The van der Waals surface area contributed by atoms with Crippen molar-refractivity contribution in [3.63, 3.8) is 0 Å². The minimum atomic E-state index is -0.843. The zero-order chi connectivity index (χ0) is 19.8. The summed E-state index contributed by atoms with van der Waals surface area (Å²) in [6, 6.07) is 2.82. The lowest BCUT2D eigenvalue weighted by Gasteiger charge is -2.31. The fourth-order valence-electron chi connectivity index (χ4n) is 3.09. The van der Waals surface area contributed by atoms with Crippen LogP contribution < -0.4 is 10.5 Å². The number of nitrogen functional groups attached to an aromatic ring is 1. The van der Waals surface area contributed by atoms with E-state index in [0.29, 0.717) is 17.1 Å². The number of fused-ring (bicyclic) bond motifs is 1. The van der Waals surface area contributed by atoms with Gasteiger partial charge in [0, 0.05) is 38.4 Å². The first-order chi connectivity index (χ1) is 13.5. The summed E-state index contributed by atoms with van der Waals surface area (Å²) in [5.41, 5.74) is 6.31. The van der Waals surface area contributed by atoms with Crippen molar-refractivity contribution < 1.29 is 13.5 Å². The number of methoxy groups -OCH3 is 1. The highest BCUT2D eigenvalue weighted by atomic mass is 32.2. The topological polar surface area (TPSA) is 71.9 Å². The van der Waals surface area contributed by atoms with E-state index in [4.69, 9.17) is 10.5 Å². The van der Waals surface area contributed by atoms with Crippen molar-refractivity contribution in [1.82, 2.24) is 23.6 Å². The summed E-state index contributed by atoms with van der Waals surface area (Å²) in [6.07, 6.45) is 3.31. The molecule has 0 spiro atoms. The number of anilines is 1. The van der Waals surface area contributed by atoms with Crippen LogP contribution in [0.4, 0.5) is 14.6 Å². The van der Waals surface area contributed by atoms with Crippen LogP contribution in [0.15, 0.2) is 29.4 Å². The van der Waals surface area contributed by atoms with E-state index >= 15 is 0 Å². The number of pyridine rings is 2. The first-order valence-corrected chi connectivity index (χ1v) is 9.52. The molecule has 0 bridgehead atoms. The molecule has 1 aliphatic heterocycles. The lowest BCUT2D eigenvalue weighted by Crippen LogP contribution is -2.41. The molecule has 4 rings (SSSR count). The zero-order valence-electron chi connectivity index (χ0n) is 15.5. The quantitative estimate of drug-likeness (QED) is 0.527. The van der Waals surface area contributed by atoms with Crippen LogP contribution in [0.2, 0.25) is 0 Å². The molecule has 4 heterocycles. The van der Waals surface area contributed by atoms with Crippen LogP contribution in [0.5, 0.6) is 5.75 Å². The maximum atomic E-state index is 14.3. The van der Waals surface area contributed by atoms with Crippen molar-refractivity contribution in [2.45, 2.75) is 4.90 Å². The molecule has 2 N–H and O–H groups in total. The number of ether oxygens (including phenoxy) is 1. The van der Waals surface area contributed by atoms with Gasteiger partial charge in [-0.3, -0.25) is 4.40 Å². The Balaban J connectivity index is 1.75. The van der Waals surface area contributed by atoms with Crippen LogP contribution in [-0.2, 0) is 0 Å². The van der Waals surface area contributed by atoms with E-state index in [2.05, 4.69) is 26.2 Å². The highest BCUT2D eigenvalue weighted by Crippen LogP contribution is 2.35. The zero-order valence-corrected chi connectivity index (χ0v) is 16.3. The first-order valence-electron chi connectivity index (χ1n) is 8.74. The van der Waals surface area contributed by atoms with Gasteiger partial charge in [-0.1, -0.05) is 0 Å². The lowest BCUT2D eigenvalue weighted by atomic mass is 10.2. The molecule has 0 unspecified atom stereocenters. The van der Waals surface area contributed by atoms with Gasteiger partial charge in [0.25, 0.3) is 0 Å². The predicted molar refractivity (Wildman–Crippen MR) is 104 cm³/mol. The van der Waals surface area contributed by atoms with Gasteiger partial charge in [-0.25, -0.2) is 13.7 Å². The third kappa shape index (κ3) is 3.50. The fraction of sp³-hybridized carbons (Fsp3) is 0.333. The van der Waals surface area contributed by atoms with Crippen LogP contribution in [-0.4, -0.2) is 63.9 Å². The highest BCUT2D eigenvalue weighted by molar-refractivity contribution is 7.97. The Morgan fingerprint density at radius 3 is 2.64 bits per heavy atom. The number of likely N-dealkylation sites (N-methyl/N-ethyl adjacent to an activating group) is 1. The van der Waals surface area contributed by atoms with Gasteiger partial charge in [0.15, 0.2) is 11.6 Å². The number of hydrogen-bond donors (Lipinski definition) is 1. The van der Waals surface area contributed by atoms with Crippen molar-refractivity contribution in [2.75, 3.05) is 46.1 Å². The van der Waals surface area contributed by atoms with Gasteiger partial charge in [-0.05, 0) is 25.1 Å². The molecule has 0 amide bonds. The second-order valence-electron chi connectivity index (χ2n) is 6.60. The molecule has 1 fully saturated rings. The monoisotopic (exact) mass is 406 g/mol. The average molecular weight is 406 g/mol. The molecule has 3 aromatic rings. The number of piperazine rings is 1.